The summed E-state index contributed by atoms with van der Waals surface area (Å²) in [5.41, 5.74) is 7.19. The molecular formula is C26H23N5O4. The highest BCUT2D eigenvalue weighted by Crippen LogP contribution is 2.25. The van der Waals surface area contributed by atoms with E-state index in [9.17, 15) is 14.9 Å². The number of carbonyl (C=O) groups excluding carboxylic acids is 1. The predicted molar refractivity (Wildman–Crippen MR) is 132 cm³/mol. The molecule has 2 aromatic carbocycles. The Morgan fingerprint density at radius 1 is 1.11 bits per heavy atom. The number of ether oxygens (including phenoxy) is 1. The van der Waals surface area contributed by atoms with Crippen molar-refractivity contribution in [3.05, 3.63) is 112 Å². The third kappa shape index (κ3) is 5.77. The van der Waals surface area contributed by atoms with Crippen LogP contribution >= 0.6 is 0 Å². The SMILES string of the molecule is Cc1cc(/C=N/NC(=O)Cc2ccccc2)c(C)n1-c1ccc(Oc2ccc([N+](=O)[O-])cn2)cc1. The molecule has 1 amide bonds. The van der Waals surface area contributed by atoms with Crippen LogP contribution in [0, 0.1) is 24.0 Å². The summed E-state index contributed by atoms with van der Waals surface area (Å²) >= 11 is 0. The molecule has 4 aromatic rings. The molecule has 2 heterocycles. The Kier molecular flexibility index (Phi) is 6.96. The molecule has 0 atom stereocenters. The smallest absolute Gasteiger partial charge is 0.287 e. The number of hydrogen-bond acceptors (Lipinski definition) is 6. The maximum absolute atomic E-state index is 12.1. The summed E-state index contributed by atoms with van der Waals surface area (Å²) in [6.07, 6.45) is 3.06. The van der Waals surface area contributed by atoms with Crippen molar-refractivity contribution in [3.63, 3.8) is 0 Å². The van der Waals surface area contributed by atoms with Gasteiger partial charge in [0.1, 0.15) is 11.9 Å². The second-order valence-electron chi connectivity index (χ2n) is 7.83. The van der Waals surface area contributed by atoms with Gasteiger partial charge < -0.3 is 9.30 Å². The van der Waals surface area contributed by atoms with Gasteiger partial charge in [0.05, 0.1) is 17.6 Å². The van der Waals surface area contributed by atoms with Gasteiger partial charge in [-0.1, -0.05) is 30.3 Å². The van der Waals surface area contributed by atoms with Crippen molar-refractivity contribution in [2.75, 3.05) is 0 Å². The van der Waals surface area contributed by atoms with Gasteiger partial charge in [-0.2, -0.15) is 5.10 Å². The topological polar surface area (TPSA) is 112 Å². The monoisotopic (exact) mass is 469 g/mol. The summed E-state index contributed by atoms with van der Waals surface area (Å²) in [4.78, 5) is 26.3. The molecule has 1 N–H and O–H groups in total. The number of carbonyl (C=O) groups is 1. The van der Waals surface area contributed by atoms with Crippen molar-refractivity contribution in [2.45, 2.75) is 20.3 Å². The quantitative estimate of drug-likeness (QED) is 0.224. The number of aromatic nitrogens is 2. The molecule has 9 heteroatoms. The lowest BCUT2D eigenvalue weighted by Gasteiger charge is -2.11. The van der Waals surface area contributed by atoms with Crippen molar-refractivity contribution in [1.82, 2.24) is 15.0 Å². The van der Waals surface area contributed by atoms with Crippen molar-refractivity contribution in [3.8, 4) is 17.3 Å². The summed E-state index contributed by atoms with van der Waals surface area (Å²) in [6.45, 7) is 3.97. The number of nitro groups is 1. The van der Waals surface area contributed by atoms with E-state index in [4.69, 9.17) is 4.74 Å². The number of pyridine rings is 1. The summed E-state index contributed by atoms with van der Waals surface area (Å²) in [7, 11) is 0. The first-order valence-corrected chi connectivity index (χ1v) is 10.8. The Morgan fingerprint density at radius 2 is 1.86 bits per heavy atom. The van der Waals surface area contributed by atoms with Gasteiger partial charge in [-0.15, -0.1) is 0 Å². The number of aryl methyl sites for hydroxylation is 1. The predicted octanol–water partition coefficient (Wildman–Crippen LogP) is 4.88. The summed E-state index contributed by atoms with van der Waals surface area (Å²) in [5.74, 6) is 0.643. The van der Waals surface area contributed by atoms with Gasteiger partial charge in [-0.3, -0.25) is 14.9 Å². The zero-order chi connectivity index (χ0) is 24.8. The molecule has 176 valence electrons. The third-order valence-electron chi connectivity index (χ3n) is 5.32. The molecule has 0 fully saturated rings. The van der Waals surface area contributed by atoms with E-state index in [1.165, 1.54) is 12.1 Å². The van der Waals surface area contributed by atoms with Gasteiger partial charge in [-0.25, -0.2) is 10.4 Å². The normalized spacial score (nSPS) is 10.9. The van der Waals surface area contributed by atoms with Crippen molar-refractivity contribution < 1.29 is 14.5 Å². The maximum atomic E-state index is 12.1. The molecule has 9 nitrogen and oxygen atoms in total. The number of rotatable bonds is 8. The summed E-state index contributed by atoms with van der Waals surface area (Å²) in [6, 6.07) is 21.7. The first kappa shape index (κ1) is 23.4. The fourth-order valence-electron chi connectivity index (χ4n) is 3.64. The first-order chi connectivity index (χ1) is 16.9. The number of nitrogens with one attached hydrogen (secondary N) is 1. The van der Waals surface area contributed by atoms with Crippen molar-refractivity contribution in [1.29, 1.82) is 0 Å². The summed E-state index contributed by atoms with van der Waals surface area (Å²) in [5, 5.41) is 14.9. The number of nitrogens with zero attached hydrogens (tertiary/aromatic N) is 4. The molecule has 0 aliphatic carbocycles. The molecule has 0 saturated carbocycles. The highest BCUT2D eigenvalue weighted by Gasteiger charge is 2.11. The van der Waals surface area contributed by atoms with Crippen LogP contribution in [0.1, 0.15) is 22.5 Å². The lowest BCUT2D eigenvalue weighted by molar-refractivity contribution is -0.385. The number of hydrogen-bond donors (Lipinski definition) is 1. The van der Waals surface area contributed by atoms with Crippen LogP contribution in [0.25, 0.3) is 5.69 Å². The Balaban J connectivity index is 1.42. The average molecular weight is 470 g/mol. The Hall–Kier alpha value is -4.79. The largest absolute Gasteiger partial charge is 0.439 e. The Bertz CT molecular complexity index is 1360. The van der Waals surface area contributed by atoms with Crippen molar-refractivity contribution in [2.24, 2.45) is 5.10 Å². The third-order valence-corrected chi connectivity index (χ3v) is 5.32. The maximum Gasteiger partial charge on any atom is 0.287 e. The van der Waals surface area contributed by atoms with E-state index >= 15 is 0 Å². The van der Waals surface area contributed by atoms with E-state index < -0.39 is 4.92 Å². The molecule has 0 unspecified atom stereocenters. The van der Waals surface area contributed by atoms with Crippen LogP contribution in [-0.4, -0.2) is 26.6 Å². The van der Waals surface area contributed by atoms with Gasteiger partial charge >= 0.3 is 0 Å². The fourth-order valence-corrected chi connectivity index (χ4v) is 3.64. The minimum Gasteiger partial charge on any atom is -0.439 e. The Labute approximate surface area is 201 Å². The molecule has 35 heavy (non-hydrogen) atoms. The molecule has 4 rings (SSSR count). The first-order valence-electron chi connectivity index (χ1n) is 10.8. The van der Waals surface area contributed by atoms with E-state index in [0.717, 1.165) is 34.4 Å². The molecule has 2 aromatic heterocycles. The zero-order valence-corrected chi connectivity index (χ0v) is 19.2. The summed E-state index contributed by atoms with van der Waals surface area (Å²) < 4.78 is 7.75. The van der Waals surface area contributed by atoms with Crippen LogP contribution in [-0.2, 0) is 11.2 Å². The second-order valence-corrected chi connectivity index (χ2v) is 7.83. The highest BCUT2D eigenvalue weighted by molar-refractivity contribution is 5.84. The van der Waals surface area contributed by atoms with E-state index in [1.54, 1.807) is 18.3 Å². The fraction of sp³-hybridized carbons (Fsp3) is 0.115. The molecule has 0 bridgehead atoms. The lowest BCUT2D eigenvalue weighted by atomic mass is 10.1. The molecular weight excluding hydrogens is 446 g/mol. The lowest BCUT2D eigenvalue weighted by Crippen LogP contribution is -2.19. The minimum atomic E-state index is -0.509. The van der Waals surface area contributed by atoms with Crippen LogP contribution < -0.4 is 10.2 Å². The van der Waals surface area contributed by atoms with Gasteiger partial charge in [0.15, 0.2) is 0 Å². The zero-order valence-electron chi connectivity index (χ0n) is 19.2. The second kappa shape index (κ2) is 10.4. The van der Waals surface area contributed by atoms with Crippen LogP contribution in [0.2, 0.25) is 0 Å². The van der Waals surface area contributed by atoms with Crippen LogP contribution in [0.4, 0.5) is 5.69 Å². The molecule has 0 radical (unpaired) electrons. The van der Waals surface area contributed by atoms with Gasteiger partial charge in [0, 0.05) is 34.8 Å². The van der Waals surface area contributed by atoms with Gasteiger partial charge in [-0.05, 0) is 49.7 Å². The molecule has 0 aliphatic heterocycles. The standard InChI is InChI=1S/C26H23N5O4/c1-18-14-21(16-28-29-25(32)15-20-6-4-3-5-7-20)19(2)30(18)22-8-11-24(12-9-22)35-26-13-10-23(17-27-26)31(33)34/h3-14,16-17H,15H2,1-2H3,(H,29,32)/b28-16+. The Morgan fingerprint density at radius 3 is 2.51 bits per heavy atom. The van der Waals surface area contributed by atoms with E-state index in [0.29, 0.717) is 5.75 Å². The van der Waals surface area contributed by atoms with Gasteiger partial charge in [0.2, 0.25) is 11.8 Å². The minimum absolute atomic E-state index is 0.0960. The number of hydrazone groups is 1. The van der Waals surface area contributed by atoms with Gasteiger partial charge in [0.25, 0.3) is 5.69 Å². The van der Waals surface area contributed by atoms with E-state index in [2.05, 4.69) is 20.1 Å². The van der Waals surface area contributed by atoms with E-state index in [-0.39, 0.29) is 23.9 Å². The van der Waals surface area contributed by atoms with E-state index in [1.807, 2.05) is 62.4 Å². The van der Waals surface area contributed by atoms with Crippen LogP contribution in [0.3, 0.4) is 0 Å². The number of amides is 1. The van der Waals surface area contributed by atoms with Crippen LogP contribution in [0.5, 0.6) is 11.6 Å². The van der Waals surface area contributed by atoms with Crippen LogP contribution in [0.15, 0.2) is 84.1 Å². The highest BCUT2D eigenvalue weighted by atomic mass is 16.6. The molecule has 0 saturated heterocycles. The molecule has 0 aliphatic rings. The average Bonchev–Trinajstić information content (AvgIpc) is 3.13. The van der Waals surface area contributed by atoms with Crippen molar-refractivity contribution >= 4 is 17.8 Å². The number of benzene rings is 2. The molecule has 0 spiro atoms.